The number of nitrogens with zero attached hydrogens (tertiary/aromatic N) is 2. The molecule has 0 saturated heterocycles. The number of carbonyl (C=O) groups is 1. The van der Waals surface area contributed by atoms with Crippen molar-refractivity contribution in [2.75, 3.05) is 5.43 Å². The molecule has 0 spiro atoms. The lowest BCUT2D eigenvalue weighted by molar-refractivity contribution is -0.137. The van der Waals surface area contributed by atoms with Crippen LogP contribution >= 0.6 is 0 Å². The zero-order valence-corrected chi connectivity index (χ0v) is 15.4. The number of alkyl halides is 3. The smallest absolute Gasteiger partial charge is 0.273 e. The molecule has 9 heteroatoms. The number of hydrogen-bond donors (Lipinski definition) is 1. The van der Waals surface area contributed by atoms with E-state index in [1.54, 1.807) is 13.0 Å². The van der Waals surface area contributed by atoms with Crippen molar-refractivity contribution in [1.29, 1.82) is 0 Å². The first-order valence-corrected chi connectivity index (χ1v) is 8.86. The number of benzene rings is 2. The summed E-state index contributed by atoms with van der Waals surface area (Å²) in [5.41, 5.74) is 1.40. The third-order valence-corrected chi connectivity index (χ3v) is 4.35. The monoisotopic (exact) mass is 407 g/mol. The lowest BCUT2D eigenvalue weighted by Crippen LogP contribution is -2.36. The van der Waals surface area contributed by atoms with Gasteiger partial charge in [-0.2, -0.15) is 13.2 Å². The Hall–Kier alpha value is -3.23. The highest BCUT2D eigenvalue weighted by molar-refractivity contribution is 5.85. The summed E-state index contributed by atoms with van der Waals surface area (Å²) in [6.07, 6.45) is -4.09. The van der Waals surface area contributed by atoms with Gasteiger partial charge in [0.2, 0.25) is 5.91 Å². The highest BCUT2D eigenvalue weighted by Crippen LogP contribution is 2.30. The van der Waals surface area contributed by atoms with E-state index in [2.05, 4.69) is 10.4 Å². The molecule has 0 atom stereocenters. The zero-order chi connectivity index (χ0) is 21.2. The molecule has 152 valence electrons. The molecule has 1 N–H and O–H groups in total. The normalized spacial score (nSPS) is 11.6. The van der Waals surface area contributed by atoms with Crippen LogP contribution in [0.25, 0.3) is 10.9 Å². The number of halogens is 4. The van der Waals surface area contributed by atoms with E-state index < -0.39 is 29.0 Å². The van der Waals surface area contributed by atoms with Crippen LogP contribution in [0.15, 0.2) is 47.3 Å². The molecule has 1 aromatic heterocycles. The number of aryl methyl sites for hydroxylation is 2. The van der Waals surface area contributed by atoms with E-state index in [4.69, 9.17) is 0 Å². The van der Waals surface area contributed by atoms with Crippen molar-refractivity contribution in [1.82, 2.24) is 9.66 Å². The Bertz CT molecular complexity index is 1120. The Morgan fingerprint density at radius 1 is 1.17 bits per heavy atom. The van der Waals surface area contributed by atoms with Gasteiger partial charge in [-0.3, -0.25) is 15.0 Å². The molecule has 0 aliphatic heterocycles. The molecule has 0 saturated carbocycles. The van der Waals surface area contributed by atoms with Crippen LogP contribution < -0.4 is 11.0 Å². The maximum Gasteiger partial charge on any atom is 0.416 e. The number of hydrogen-bond acceptors (Lipinski definition) is 3. The van der Waals surface area contributed by atoms with E-state index in [1.165, 1.54) is 18.2 Å². The predicted molar refractivity (Wildman–Crippen MR) is 99.5 cm³/mol. The van der Waals surface area contributed by atoms with Crippen LogP contribution in [-0.2, 0) is 23.8 Å². The number of carbonyl (C=O) groups excluding carboxylic acids is 1. The molecule has 5 nitrogen and oxygen atoms in total. The lowest BCUT2D eigenvalue weighted by atomic mass is 10.1. The second kappa shape index (κ2) is 8.02. The van der Waals surface area contributed by atoms with Crippen LogP contribution in [0.2, 0.25) is 0 Å². The summed E-state index contributed by atoms with van der Waals surface area (Å²) in [7, 11) is 0. The summed E-state index contributed by atoms with van der Waals surface area (Å²) < 4.78 is 52.9. The van der Waals surface area contributed by atoms with E-state index in [1.807, 2.05) is 0 Å². The van der Waals surface area contributed by atoms with Gasteiger partial charge in [-0.1, -0.05) is 19.1 Å². The molecule has 1 heterocycles. The lowest BCUT2D eigenvalue weighted by Gasteiger charge is -2.14. The van der Waals surface area contributed by atoms with Gasteiger partial charge in [0.15, 0.2) is 0 Å². The fourth-order valence-electron chi connectivity index (χ4n) is 2.89. The molecule has 3 aromatic rings. The summed E-state index contributed by atoms with van der Waals surface area (Å²) in [5, 5.41) is -0.0411. The molecule has 0 aliphatic carbocycles. The van der Waals surface area contributed by atoms with Gasteiger partial charge in [0.25, 0.3) is 5.56 Å². The zero-order valence-electron chi connectivity index (χ0n) is 15.4. The maximum atomic E-state index is 13.2. The third-order valence-electron chi connectivity index (χ3n) is 4.35. The van der Waals surface area contributed by atoms with Gasteiger partial charge in [-0.15, -0.1) is 0 Å². The van der Waals surface area contributed by atoms with Gasteiger partial charge in [-0.25, -0.2) is 14.1 Å². The molecule has 1 amide bonds. The molecular weight excluding hydrogens is 390 g/mol. The fourth-order valence-corrected chi connectivity index (χ4v) is 2.89. The van der Waals surface area contributed by atoms with Crippen LogP contribution in [0.3, 0.4) is 0 Å². The molecule has 2 aromatic carbocycles. The van der Waals surface area contributed by atoms with Gasteiger partial charge in [0, 0.05) is 12.8 Å². The minimum atomic E-state index is -4.55. The highest BCUT2D eigenvalue weighted by atomic mass is 19.4. The topological polar surface area (TPSA) is 64.0 Å². The highest BCUT2D eigenvalue weighted by Gasteiger charge is 2.31. The Labute approximate surface area is 163 Å². The summed E-state index contributed by atoms with van der Waals surface area (Å²) in [6.45, 7) is 1.66. The minimum Gasteiger partial charge on any atom is -0.273 e. The van der Waals surface area contributed by atoms with Crippen LogP contribution in [-0.4, -0.2) is 15.6 Å². The Kier molecular flexibility index (Phi) is 5.67. The first-order valence-electron chi connectivity index (χ1n) is 8.86. The Morgan fingerprint density at radius 2 is 1.93 bits per heavy atom. The van der Waals surface area contributed by atoms with Crippen LogP contribution in [0.5, 0.6) is 0 Å². The first-order chi connectivity index (χ1) is 13.7. The maximum absolute atomic E-state index is 13.2. The van der Waals surface area contributed by atoms with E-state index in [0.29, 0.717) is 5.56 Å². The van der Waals surface area contributed by atoms with Gasteiger partial charge in [-0.05, 0) is 42.3 Å². The molecule has 29 heavy (non-hydrogen) atoms. The van der Waals surface area contributed by atoms with Crippen LogP contribution in [0.1, 0.15) is 30.3 Å². The van der Waals surface area contributed by atoms with E-state index in [9.17, 15) is 27.2 Å². The van der Waals surface area contributed by atoms with Crippen molar-refractivity contribution in [2.45, 2.75) is 32.4 Å². The average molecular weight is 407 g/mol. The first kappa shape index (κ1) is 20.5. The van der Waals surface area contributed by atoms with Gasteiger partial charge < -0.3 is 0 Å². The molecule has 0 bridgehead atoms. The van der Waals surface area contributed by atoms with Crippen molar-refractivity contribution < 1.29 is 22.4 Å². The summed E-state index contributed by atoms with van der Waals surface area (Å²) in [6, 6.07) is 8.47. The Morgan fingerprint density at radius 3 is 2.59 bits per heavy atom. The average Bonchev–Trinajstić information content (AvgIpc) is 2.67. The standard InChI is InChI=1S/C20H17F4N3O2/c1-2-17-25-16-11-13(20(22,23)24)7-8-15(16)19(29)27(17)26-18(28)9-6-12-4-3-5-14(21)10-12/h3-5,7-8,10-11H,2,6,9H2,1H3,(H,26,28). The second-order valence-electron chi connectivity index (χ2n) is 6.42. The van der Waals surface area contributed by atoms with E-state index in [-0.39, 0.29) is 36.0 Å². The van der Waals surface area contributed by atoms with Gasteiger partial charge >= 0.3 is 6.18 Å². The third kappa shape index (κ3) is 4.61. The number of aromatic nitrogens is 2. The summed E-state index contributed by atoms with van der Waals surface area (Å²) in [4.78, 5) is 29.1. The largest absolute Gasteiger partial charge is 0.416 e. The van der Waals surface area contributed by atoms with Crippen molar-refractivity contribution in [3.8, 4) is 0 Å². The van der Waals surface area contributed by atoms with Crippen molar-refractivity contribution in [3.63, 3.8) is 0 Å². The van der Waals surface area contributed by atoms with Crippen LogP contribution in [0.4, 0.5) is 17.6 Å². The summed E-state index contributed by atoms with van der Waals surface area (Å²) in [5.74, 6) is -0.788. The van der Waals surface area contributed by atoms with E-state index >= 15 is 0 Å². The number of nitrogens with one attached hydrogen (secondary N) is 1. The summed E-state index contributed by atoms with van der Waals surface area (Å²) >= 11 is 0. The van der Waals surface area contributed by atoms with Crippen molar-refractivity contribution in [2.24, 2.45) is 0 Å². The molecular formula is C20H17F4N3O2. The van der Waals surface area contributed by atoms with Gasteiger partial charge in [0.05, 0.1) is 16.5 Å². The molecule has 0 unspecified atom stereocenters. The van der Waals surface area contributed by atoms with Crippen LogP contribution in [0, 0.1) is 5.82 Å². The van der Waals surface area contributed by atoms with Gasteiger partial charge in [0.1, 0.15) is 11.6 Å². The number of fused-ring (bicyclic) bond motifs is 1. The molecule has 3 rings (SSSR count). The van der Waals surface area contributed by atoms with Crippen molar-refractivity contribution in [3.05, 3.63) is 75.6 Å². The quantitative estimate of drug-likeness (QED) is 0.654. The molecule has 0 radical (unpaired) electrons. The predicted octanol–water partition coefficient (Wildman–Crippen LogP) is 3.82. The molecule has 0 aliphatic rings. The minimum absolute atomic E-state index is 0.00983. The van der Waals surface area contributed by atoms with Crippen molar-refractivity contribution >= 4 is 16.8 Å². The fraction of sp³-hybridized carbons (Fsp3) is 0.250. The Balaban J connectivity index is 1.87. The number of rotatable bonds is 5. The second-order valence-corrected chi connectivity index (χ2v) is 6.42. The van der Waals surface area contributed by atoms with E-state index in [0.717, 1.165) is 22.9 Å². The SMILES string of the molecule is CCc1nc2cc(C(F)(F)F)ccc2c(=O)n1NC(=O)CCc1cccc(F)c1. The molecule has 0 fully saturated rings. The number of amides is 1.